The fraction of sp³-hybridized carbons (Fsp3) is 0.385. The quantitative estimate of drug-likeness (QED) is 0.502. The van der Waals surface area contributed by atoms with Gasteiger partial charge in [0, 0.05) is 6.54 Å². The average Bonchev–Trinajstić information content (AvgIpc) is 2.41. The van der Waals surface area contributed by atoms with Crippen LogP contribution in [0, 0.1) is 0 Å². The van der Waals surface area contributed by atoms with Crippen molar-refractivity contribution in [3.63, 3.8) is 0 Å². The molecule has 1 aromatic carbocycles. The summed E-state index contributed by atoms with van der Waals surface area (Å²) in [5, 5.41) is 29.5. The molecule has 0 bridgehead atoms. The van der Waals surface area contributed by atoms with Gasteiger partial charge in [-0.3, -0.25) is 9.59 Å². The number of carboxylic acid groups (broad SMARTS) is 2. The molecule has 7 heteroatoms. The highest BCUT2D eigenvalue weighted by atomic mass is 16.5. The van der Waals surface area contributed by atoms with Crippen LogP contribution in [0.4, 0.5) is 0 Å². The van der Waals surface area contributed by atoms with Crippen LogP contribution >= 0.6 is 0 Å². The molecule has 0 aliphatic rings. The molecule has 0 aliphatic heterocycles. The van der Waals surface area contributed by atoms with E-state index in [0.717, 1.165) is 0 Å². The van der Waals surface area contributed by atoms with Crippen molar-refractivity contribution in [2.75, 3.05) is 13.2 Å². The van der Waals surface area contributed by atoms with Gasteiger partial charge >= 0.3 is 11.9 Å². The summed E-state index contributed by atoms with van der Waals surface area (Å²) in [6.07, 6.45) is -1.49. The number of hydrogen-bond acceptors (Lipinski definition) is 5. The minimum absolute atomic E-state index is 0.0174. The highest BCUT2D eigenvalue weighted by molar-refractivity contribution is 5.80. The standard InChI is InChI=1S/C13H17NO6/c15-9(8-20-10-4-2-1-3-5-10)7-14-11(13(18)19)6-12(16)17/h1-5,9,11,14-15H,6-8H2,(H,16,17)(H,18,19)/t9-,11-/m1/s1. The van der Waals surface area contributed by atoms with Gasteiger partial charge in [-0.25, -0.2) is 0 Å². The molecule has 0 saturated carbocycles. The summed E-state index contributed by atoms with van der Waals surface area (Å²) in [7, 11) is 0. The molecule has 0 heterocycles. The molecule has 7 nitrogen and oxygen atoms in total. The first kappa shape index (κ1) is 15.9. The van der Waals surface area contributed by atoms with Crippen LogP contribution in [-0.4, -0.2) is 52.6 Å². The van der Waals surface area contributed by atoms with Crippen molar-refractivity contribution in [1.29, 1.82) is 0 Å². The van der Waals surface area contributed by atoms with E-state index in [-0.39, 0.29) is 13.2 Å². The predicted molar refractivity (Wildman–Crippen MR) is 69.6 cm³/mol. The summed E-state index contributed by atoms with van der Waals surface area (Å²) in [4.78, 5) is 21.3. The van der Waals surface area contributed by atoms with Crippen LogP contribution in [-0.2, 0) is 9.59 Å². The zero-order valence-corrected chi connectivity index (χ0v) is 10.7. The highest BCUT2D eigenvalue weighted by Gasteiger charge is 2.21. The molecule has 20 heavy (non-hydrogen) atoms. The zero-order chi connectivity index (χ0) is 15.0. The Balaban J connectivity index is 2.32. The van der Waals surface area contributed by atoms with Gasteiger partial charge in [0.05, 0.1) is 6.42 Å². The number of para-hydroxylation sites is 1. The fourth-order valence-corrected chi connectivity index (χ4v) is 1.47. The van der Waals surface area contributed by atoms with Gasteiger partial charge in [0.1, 0.15) is 24.5 Å². The molecule has 2 atom stereocenters. The number of benzene rings is 1. The van der Waals surface area contributed by atoms with Crippen molar-refractivity contribution in [2.45, 2.75) is 18.6 Å². The van der Waals surface area contributed by atoms with Crippen molar-refractivity contribution in [3.8, 4) is 5.75 Å². The molecule has 0 aliphatic carbocycles. The van der Waals surface area contributed by atoms with Crippen LogP contribution in [0.25, 0.3) is 0 Å². The van der Waals surface area contributed by atoms with Gasteiger partial charge in [0.2, 0.25) is 0 Å². The second-order valence-corrected chi connectivity index (χ2v) is 4.17. The average molecular weight is 283 g/mol. The first-order chi connectivity index (χ1) is 9.49. The van der Waals surface area contributed by atoms with E-state index in [1.54, 1.807) is 24.3 Å². The number of ether oxygens (including phenoxy) is 1. The third-order valence-corrected chi connectivity index (χ3v) is 2.46. The number of rotatable bonds is 9. The summed E-state index contributed by atoms with van der Waals surface area (Å²) in [6, 6.07) is 7.61. The first-order valence-electron chi connectivity index (χ1n) is 6.03. The molecule has 0 amide bonds. The number of hydrogen-bond donors (Lipinski definition) is 4. The molecule has 0 spiro atoms. The Morgan fingerprint density at radius 3 is 2.40 bits per heavy atom. The minimum atomic E-state index is -1.27. The third kappa shape index (κ3) is 6.17. The topological polar surface area (TPSA) is 116 Å². The molecule has 110 valence electrons. The lowest BCUT2D eigenvalue weighted by atomic mass is 10.2. The first-order valence-corrected chi connectivity index (χ1v) is 6.03. The Bertz CT molecular complexity index is 436. The van der Waals surface area contributed by atoms with Crippen LogP contribution in [0.3, 0.4) is 0 Å². The molecule has 0 aromatic heterocycles. The lowest BCUT2D eigenvalue weighted by Gasteiger charge is -2.16. The Kier molecular flexibility index (Phi) is 6.48. The van der Waals surface area contributed by atoms with Gasteiger partial charge < -0.3 is 25.4 Å². The van der Waals surface area contributed by atoms with Crippen molar-refractivity contribution in [3.05, 3.63) is 30.3 Å². The van der Waals surface area contributed by atoms with E-state index in [0.29, 0.717) is 5.75 Å². The van der Waals surface area contributed by atoms with Gasteiger partial charge in [-0.2, -0.15) is 0 Å². The summed E-state index contributed by atoms with van der Waals surface area (Å²) < 4.78 is 5.29. The van der Waals surface area contributed by atoms with Gasteiger partial charge in [0.15, 0.2) is 0 Å². The third-order valence-electron chi connectivity index (χ3n) is 2.46. The number of nitrogens with one attached hydrogen (secondary N) is 1. The number of aliphatic hydroxyl groups excluding tert-OH is 1. The second kappa shape index (κ2) is 8.13. The Morgan fingerprint density at radius 2 is 1.85 bits per heavy atom. The highest BCUT2D eigenvalue weighted by Crippen LogP contribution is 2.08. The predicted octanol–water partition coefficient (Wildman–Crippen LogP) is -0.0562. The number of carboxylic acids is 2. The van der Waals surface area contributed by atoms with Crippen molar-refractivity contribution >= 4 is 11.9 Å². The molecular formula is C13H17NO6. The Labute approximate surface area is 115 Å². The molecule has 4 N–H and O–H groups in total. The van der Waals surface area contributed by atoms with E-state index < -0.39 is 30.5 Å². The van der Waals surface area contributed by atoms with Crippen LogP contribution in [0.2, 0.25) is 0 Å². The van der Waals surface area contributed by atoms with E-state index in [1.165, 1.54) is 0 Å². The molecule has 0 fully saturated rings. The summed E-state index contributed by atoms with van der Waals surface area (Å²) >= 11 is 0. The monoisotopic (exact) mass is 283 g/mol. The normalized spacial score (nSPS) is 13.4. The molecule has 0 unspecified atom stereocenters. The largest absolute Gasteiger partial charge is 0.491 e. The lowest BCUT2D eigenvalue weighted by Crippen LogP contribution is -2.43. The molecule has 1 aromatic rings. The van der Waals surface area contributed by atoms with Crippen molar-refractivity contribution in [2.24, 2.45) is 0 Å². The Hall–Kier alpha value is -2.12. The maximum atomic E-state index is 10.8. The van der Waals surface area contributed by atoms with E-state index >= 15 is 0 Å². The van der Waals surface area contributed by atoms with Crippen LogP contribution in [0.15, 0.2) is 30.3 Å². The van der Waals surface area contributed by atoms with E-state index in [2.05, 4.69) is 5.32 Å². The minimum Gasteiger partial charge on any atom is -0.491 e. The van der Waals surface area contributed by atoms with Crippen LogP contribution < -0.4 is 10.1 Å². The molecule has 0 radical (unpaired) electrons. The smallest absolute Gasteiger partial charge is 0.321 e. The van der Waals surface area contributed by atoms with E-state index in [9.17, 15) is 14.7 Å². The fourth-order valence-electron chi connectivity index (χ4n) is 1.47. The van der Waals surface area contributed by atoms with E-state index in [4.69, 9.17) is 14.9 Å². The maximum Gasteiger partial charge on any atom is 0.321 e. The maximum absolute atomic E-state index is 10.8. The van der Waals surface area contributed by atoms with Gasteiger partial charge in [0.25, 0.3) is 0 Å². The van der Waals surface area contributed by atoms with Crippen LogP contribution in [0.1, 0.15) is 6.42 Å². The SMILES string of the molecule is O=C(O)C[C@@H](NC[C@@H](O)COc1ccccc1)C(=O)O. The number of aliphatic carboxylic acids is 2. The van der Waals surface area contributed by atoms with Gasteiger partial charge in [-0.15, -0.1) is 0 Å². The number of aliphatic hydroxyl groups is 1. The summed E-state index contributed by atoms with van der Waals surface area (Å²) in [5.41, 5.74) is 0. The van der Waals surface area contributed by atoms with Gasteiger partial charge in [-0.05, 0) is 12.1 Å². The Morgan fingerprint density at radius 1 is 1.20 bits per heavy atom. The summed E-state index contributed by atoms with van der Waals surface area (Å²) in [5.74, 6) is -1.91. The van der Waals surface area contributed by atoms with Crippen molar-refractivity contribution < 1.29 is 29.6 Å². The molecule has 0 saturated heterocycles. The second-order valence-electron chi connectivity index (χ2n) is 4.17. The number of carbonyl (C=O) groups is 2. The van der Waals surface area contributed by atoms with Gasteiger partial charge in [-0.1, -0.05) is 18.2 Å². The summed E-state index contributed by atoms with van der Waals surface area (Å²) in [6.45, 7) is -0.0898. The lowest BCUT2D eigenvalue weighted by molar-refractivity contribution is -0.146. The van der Waals surface area contributed by atoms with E-state index in [1.807, 2.05) is 6.07 Å². The molecule has 1 rings (SSSR count). The zero-order valence-electron chi connectivity index (χ0n) is 10.7. The van der Waals surface area contributed by atoms with Crippen molar-refractivity contribution in [1.82, 2.24) is 5.32 Å². The molecular weight excluding hydrogens is 266 g/mol. The van der Waals surface area contributed by atoms with Crippen LogP contribution in [0.5, 0.6) is 5.75 Å².